The van der Waals surface area contributed by atoms with Crippen molar-refractivity contribution in [3.8, 4) is 5.69 Å². The van der Waals surface area contributed by atoms with Crippen LogP contribution in [0.2, 0.25) is 0 Å². The third kappa shape index (κ3) is 3.32. The Morgan fingerprint density at radius 2 is 1.75 bits per heavy atom. The molecule has 0 saturated carbocycles. The van der Waals surface area contributed by atoms with Crippen LogP contribution in [0.5, 0.6) is 0 Å². The van der Waals surface area contributed by atoms with Gasteiger partial charge in [-0.1, -0.05) is 18.2 Å². The lowest BCUT2D eigenvalue weighted by molar-refractivity contribution is -0.136. The fourth-order valence-electron chi connectivity index (χ4n) is 2.94. The van der Waals surface area contributed by atoms with E-state index in [9.17, 15) is 18.0 Å². The van der Waals surface area contributed by atoms with Crippen LogP contribution in [0.25, 0.3) is 16.6 Å². The fraction of sp³-hybridized carbons (Fsp3) is 0.0500. The molecule has 0 saturated heterocycles. The molecule has 0 aliphatic carbocycles. The first kappa shape index (κ1) is 17.7. The number of benzene rings is 2. The summed E-state index contributed by atoms with van der Waals surface area (Å²) in [5.74, 6) is -0.877. The van der Waals surface area contributed by atoms with Crippen LogP contribution in [-0.2, 0) is 6.18 Å². The molecule has 5 nitrogen and oxygen atoms in total. The van der Waals surface area contributed by atoms with Gasteiger partial charge in [0.1, 0.15) is 0 Å². The van der Waals surface area contributed by atoms with E-state index in [0.29, 0.717) is 5.69 Å². The molecular weight excluding hydrogens is 369 g/mol. The molecule has 1 amide bonds. The number of fused-ring (bicyclic) bond motifs is 1. The lowest BCUT2D eigenvalue weighted by Gasteiger charge is -2.15. The number of anilines is 1. The van der Waals surface area contributed by atoms with Crippen molar-refractivity contribution in [1.82, 2.24) is 14.8 Å². The second-order valence-corrected chi connectivity index (χ2v) is 6.01. The van der Waals surface area contributed by atoms with Gasteiger partial charge < -0.3 is 5.32 Å². The number of halogens is 3. The number of rotatable bonds is 3. The highest BCUT2D eigenvalue weighted by molar-refractivity contribution is 6.07. The molecule has 8 heteroatoms. The van der Waals surface area contributed by atoms with Crippen molar-refractivity contribution in [3.05, 3.63) is 84.3 Å². The van der Waals surface area contributed by atoms with Gasteiger partial charge in [-0.2, -0.15) is 18.3 Å². The maximum atomic E-state index is 13.7. The average Bonchev–Trinajstić information content (AvgIpc) is 3.21. The van der Waals surface area contributed by atoms with Gasteiger partial charge in [-0.25, -0.2) is 4.68 Å². The fourth-order valence-corrected chi connectivity index (χ4v) is 2.94. The van der Waals surface area contributed by atoms with E-state index in [0.717, 1.165) is 11.9 Å². The van der Waals surface area contributed by atoms with Crippen molar-refractivity contribution < 1.29 is 18.0 Å². The molecular formula is C20H13F3N4O. The summed E-state index contributed by atoms with van der Waals surface area (Å²) in [5.41, 5.74) is -0.227. The minimum atomic E-state index is -4.70. The SMILES string of the molecule is O=C(Nc1ccc(-n2cccn2)cc1)c1cnc2ccccc2c1C(F)(F)F. The van der Waals surface area contributed by atoms with Gasteiger partial charge in [0.25, 0.3) is 5.91 Å². The number of nitrogens with zero attached hydrogens (tertiary/aromatic N) is 3. The Kier molecular flexibility index (Phi) is 4.31. The van der Waals surface area contributed by atoms with Gasteiger partial charge in [-0.15, -0.1) is 0 Å². The topological polar surface area (TPSA) is 59.8 Å². The Morgan fingerprint density at radius 3 is 2.43 bits per heavy atom. The second-order valence-electron chi connectivity index (χ2n) is 6.01. The number of alkyl halides is 3. The molecule has 0 aliphatic heterocycles. The van der Waals surface area contributed by atoms with Crippen LogP contribution in [0.4, 0.5) is 18.9 Å². The highest BCUT2D eigenvalue weighted by Gasteiger charge is 2.37. The molecule has 0 fully saturated rings. The number of hydrogen-bond acceptors (Lipinski definition) is 3. The van der Waals surface area contributed by atoms with E-state index < -0.39 is 23.2 Å². The van der Waals surface area contributed by atoms with Crippen molar-refractivity contribution in [2.75, 3.05) is 5.32 Å². The smallest absolute Gasteiger partial charge is 0.322 e. The van der Waals surface area contributed by atoms with Gasteiger partial charge in [0, 0.05) is 29.7 Å². The quantitative estimate of drug-likeness (QED) is 0.559. The third-order valence-electron chi connectivity index (χ3n) is 4.20. The summed E-state index contributed by atoms with van der Waals surface area (Å²) in [6.07, 6.45) is -0.358. The molecule has 0 radical (unpaired) electrons. The number of carbonyl (C=O) groups excluding carboxylic acids is 1. The standard InChI is InChI=1S/C20H13F3N4O/c21-20(22,23)18-15-4-1-2-5-17(15)24-12-16(18)19(28)26-13-6-8-14(9-7-13)27-11-3-10-25-27/h1-12H,(H,26,28). The number of aromatic nitrogens is 3. The summed E-state index contributed by atoms with van der Waals surface area (Å²) in [7, 11) is 0. The molecule has 4 aromatic rings. The largest absolute Gasteiger partial charge is 0.417 e. The number of amides is 1. The van der Waals surface area contributed by atoms with Crippen LogP contribution < -0.4 is 5.32 Å². The number of hydrogen-bond donors (Lipinski definition) is 1. The van der Waals surface area contributed by atoms with Crippen molar-refractivity contribution in [1.29, 1.82) is 0 Å². The zero-order valence-corrected chi connectivity index (χ0v) is 14.3. The van der Waals surface area contributed by atoms with E-state index >= 15 is 0 Å². The lowest BCUT2D eigenvalue weighted by Crippen LogP contribution is -2.19. The number of nitrogens with one attached hydrogen (secondary N) is 1. The second kappa shape index (κ2) is 6.80. The molecule has 2 heterocycles. The van der Waals surface area contributed by atoms with Crippen LogP contribution in [0.15, 0.2) is 73.2 Å². The van der Waals surface area contributed by atoms with Crippen molar-refractivity contribution in [3.63, 3.8) is 0 Å². The number of pyridine rings is 1. The summed E-state index contributed by atoms with van der Waals surface area (Å²) < 4.78 is 42.6. The molecule has 0 spiro atoms. The molecule has 140 valence electrons. The van der Waals surface area contributed by atoms with E-state index in [1.165, 1.54) is 18.2 Å². The van der Waals surface area contributed by atoms with Gasteiger partial charge in [-0.3, -0.25) is 9.78 Å². The number of carbonyl (C=O) groups is 1. The first-order chi connectivity index (χ1) is 13.4. The average molecular weight is 382 g/mol. The zero-order valence-electron chi connectivity index (χ0n) is 14.3. The zero-order chi connectivity index (χ0) is 19.7. The van der Waals surface area contributed by atoms with E-state index in [2.05, 4.69) is 15.4 Å². The minimum absolute atomic E-state index is 0.114. The summed E-state index contributed by atoms with van der Waals surface area (Å²) in [6, 6.07) is 14.2. The summed E-state index contributed by atoms with van der Waals surface area (Å²) in [4.78, 5) is 16.6. The normalized spacial score (nSPS) is 11.5. The molecule has 2 aromatic heterocycles. The van der Waals surface area contributed by atoms with Crippen molar-refractivity contribution >= 4 is 22.5 Å². The Morgan fingerprint density at radius 1 is 1.00 bits per heavy atom. The first-order valence-electron chi connectivity index (χ1n) is 8.30. The monoisotopic (exact) mass is 382 g/mol. The Hall–Kier alpha value is -3.68. The van der Waals surface area contributed by atoms with E-state index in [1.807, 2.05) is 0 Å². The molecule has 4 rings (SSSR count). The van der Waals surface area contributed by atoms with Gasteiger partial charge in [-0.05, 0) is 36.4 Å². The van der Waals surface area contributed by atoms with Gasteiger partial charge in [0.2, 0.25) is 0 Å². The van der Waals surface area contributed by atoms with Gasteiger partial charge in [0.15, 0.2) is 0 Å². The van der Waals surface area contributed by atoms with E-state index in [4.69, 9.17) is 0 Å². The minimum Gasteiger partial charge on any atom is -0.322 e. The summed E-state index contributed by atoms with van der Waals surface area (Å²) in [5, 5.41) is 6.47. The predicted octanol–water partition coefficient (Wildman–Crippen LogP) is 4.69. The first-order valence-corrected chi connectivity index (χ1v) is 8.30. The molecule has 28 heavy (non-hydrogen) atoms. The lowest BCUT2D eigenvalue weighted by atomic mass is 10.0. The van der Waals surface area contributed by atoms with Crippen LogP contribution >= 0.6 is 0 Å². The Labute approximate surface area is 157 Å². The predicted molar refractivity (Wildman–Crippen MR) is 98.3 cm³/mol. The molecule has 0 atom stereocenters. The molecule has 0 bridgehead atoms. The summed E-state index contributed by atoms with van der Waals surface area (Å²) in [6.45, 7) is 0. The maximum absolute atomic E-state index is 13.7. The van der Waals surface area contributed by atoms with Crippen molar-refractivity contribution in [2.24, 2.45) is 0 Å². The van der Waals surface area contributed by atoms with Crippen LogP contribution in [0.3, 0.4) is 0 Å². The van der Waals surface area contributed by atoms with Crippen LogP contribution in [0, 0.1) is 0 Å². The molecule has 2 aromatic carbocycles. The van der Waals surface area contributed by atoms with Gasteiger partial charge in [0.05, 0.1) is 22.3 Å². The molecule has 0 unspecified atom stereocenters. The van der Waals surface area contributed by atoms with Gasteiger partial charge >= 0.3 is 6.18 Å². The highest BCUT2D eigenvalue weighted by Crippen LogP contribution is 2.37. The van der Waals surface area contributed by atoms with Crippen LogP contribution in [-0.4, -0.2) is 20.7 Å². The number of para-hydroxylation sites is 1. The Balaban J connectivity index is 1.67. The third-order valence-corrected chi connectivity index (χ3v) is 4.20. The molecule has 1 N–H and O–H groups in total. The Bertz CT molecular complexity index is 1140. The van der Waals surface area contributed by atoms with Crippen LogP contribution in [0.1, 0.15) is 15.9 Å². The van der Waals surface area contributed by atoms with E-state index in [-0.39, 0.29) is 10.9 Å². The highest BCUT2D eigenvalue weighted by atomic mass is 19.4. The van der Waals surface area contributed by atoms with Crippen molar-refractivity contribution in [2.45, 2.75) is 6.18 Å². The summed E-state index contributed by atoms with van der Waals surface area (Å²) >= 11 is 0. The van der Waals surface area contributed by atoms with E-state index in [1.54, 1.807) is 53.5 Å². The molecule has 0 aliphatic rings. The maximum Gasteiger partial charge on any atom is 0.417 e.